The monoisotopic (exact) mass is 197 g/mol. The van der Waals surface area contributed by atoms with Crippen LogP contribution in [0.2, 0.25) is 0 Å². The van der Waals surface area contributed by atoms with Crippen LogP contribution in [0.1, 0.15) is 26.7 Å². The van der Waals surface area contributed by atoms with Crippen LogP contribution in [0, 0.1) is 5.92 Å². The number of hydrogen-bond donors (Lipinski definition) is 1. The first-order valence-electron chi connectivity index (χ1n) is 5.20. The van der Waals surface area contributed by atoms with Gasteiger partial charge in [-0.1, -0.05) is 0 Å². The van der Waals surface area contributed by atoms with Gasteiger partial charge < -0.3 is 14.8 Å². The molecule has 4 atom stereocenters. The van der Waals surface area contributed by atoms with E-state index in [1.165, 1.54) is 0 Å². The van der Waals surface area contributed by atoms with Crippen molar-refractivity contribution in [1.29, 1.82) is 0 Å². The number of hydrogen-bond acceptors (Lipinski definition) is 3. The predicted octanol–water partition coefficient (Wildman–Crippen LogP) is 0.415. The molecular weight excluding hydrogens is 182 g/mol. The first-order chi connectivity index (χ1) is 6.55. The van der Waals surface area contributed by atoms with Crippen molar-refractivity contribution in [3.8, 4) is 0 Å². The molecule has 2 aliphatic heterocycles. The molecule has 1 amide bonds. The van der Waals surface area contributed by atoms with Gasteiger partial charge in [0.15, 0.2) is 5.79 Å². The minimum Gasteiger partial charge on any atom is -0.351 e. The van der Waals surface area contributed by atoms with Gasteiger partial charge in [-0.25, -0.2) is 0 Å². The van der Waals surface area contributed by atoms with Gasteiger partial charge >= 0.3 is 0 Å². The van der Waals surface area contributed by atoms with Crippen molar-refractivity contribution in [2.24, 2.45) is 5.92 Å². The molecule has 1 N–H and O–H groups in total. The van der Waals surface area contributed by atoms with Gasteiger partial charge in [-0.15, -0.1) is 0 Å². The number of amides is 1. The molecule has 0 spiro atoms. The van der Waals surface area contributed by atoms with Gasteiger partial charge in [0.2, 0.25) is 5.91 Å². The average molecular weight is 197 g/mol. The minimum atomic E-state index is -0.478. The highest BCUT2D eigenvalue weighted by atomic mass is 16.8. The van der Waals surface area contributed by atoms with Crippen LogP contribution < -0.4 is 5.32 Å². The molecule has 2 saturated heterocycles. The van der Waals surface area contributed by atoms with Crippen molar-refractivity contribution < 1.29 is 14.3 Å². The van der Waals surface area contributed by atoms with Crippen molar-refractivity contribution in [3.05, 3.63) is 0 Å². The molecule has 0 aromatic carbocycles. The maximum Gasteiger partial charge on any atom is 0.220 e. The van der Waals surface area contributed by atoms with Gasteiger partial charge in [0.25, 0.3) is 0 Å². The fraction of sp³-hybridized carbons (Fsp3) is 0.900. The van der Waals surface area contributed by atoms with Gasteiger partial charge in [0.1, 0.15) is 6.10 Å². The number of carbonyl (C=O) groups is 1. The maximum atomic E-state index is 11.3. The van der Waals surface area contributed by atoms with E-state index in [-0.39, 0.29) is 24.2 Å². The quantitative estimate of drug-likeness (QED) is 0.612. The fourth-order valence-electron chi connectivity index (χ4n) is 2.93. The number of rotatable bonds is 0. The summed E-state index contributed by atoms with van der Waals surface area (Å²) < 4.78 is 11.6. The van der Waals surface area contributed by atoms with Gasteiger partial charge in [0, 0.05) is 6.42 Å². The molecule has 0 aromatic heterocycles. The molecule has 3 aliphatic rings. The average Bonchev–Trinajstić information content (AvgIpc) is 2.49. The van der Waals surface area contributed by atoms with E-state index < -0.39 is 5.79 Å². The van der Waals surface area contributed by atoms with Gasteiger partial charge in [-0.2, -0.15) is 0 Å². The molecule has 1 aliphatic carbocycles. The summed E-state index contributed by atoms with van der Waals surface area (Å²) in [5.74, 6) is 0.0279. The molecular formula is C10H15NO3. The molecule has 2 heterocycles. The number of nitrogens with one attached hydrogen (secondary N) is 1. The zero-order valence-electron chi connectivity index (χ0n) is 8.45. The molecule has 4 nitrogen and oxygen atoms in total. The number of ether oxygens (including phenoxy) is 2. The largest absolute Gasteiger partial charge is 0.351 e. The number of piperidine rings is 1. The first-order valence-corrected chi connectivity index (χ1v) is 5.20. The Labute approximate surface area is 82.9 Å². The van der Waals surface area contributed by atoms with Crippen LogP contribution in [-0.4, -0.2) is 29.9 Å². The molecule has 78 valence electrons. The Morgan fingerprint density at radius 1 is 1.36 bits per heavy atom. The lowest BCUT2D eigenvalue weighted by molar-refractivity contribution is -0.164. The Morgan fingerprint density at radius 3 is 2.86 bits per heavy atom. The zero-order chi connectivity index (χ0) is 9.92. The smallest absolute Gasteiger partial charge is 0.220 e. The lowest BCUT2D eigenvalue weighted by atomic mass is 9.98. The van der Waals surface area contributed by atoms with Gasteiger partial charge in [-0.05, 0) is 26.2 Å². The van der Waals surface area contributed by atoms with Gasteiger partial charge in [-0.3, -0.25) is 4.79 Å². The molecule has 0 aromatic rings. The Kier molecular flexibility index (Phi) is 1.55. The maximum absolute atomic E-state index is 11.3. The fourth-order valence-corrected chi connectivity index (χ4v) is 2.93. The SMILES string of the molecule is CC1(C)O[C@@H]2[C@H]3CC(=O)N[C@H](C3)[C@@H]2O1. The van der Waals surface area contributed by atoms with Crippen LogP contribution in [0.5, 0.6) is 0 Å². The summed E-state index contributed by atoms with van der Waals surface area (Å²) in [6, 6.07) is 0.174. The summed E-state index contributed by atoms with van der Waals surface area (Å²) in [4.78, 5) is 11.3. The minimum absolute atomic E-state index is 0.0708. The molecule has 3 fully saturated rings. The zero-order valence-corrected chi connectivity index (χ0v) is 8.45. The van der Waals surface area contributed by atoms with Crippen LogP contribution in [0.15, 0.2) is 0 Å². The summed E-state index contributed by atoms with van der Waals surface area (Å²) in [6.45, 7) is 3.87. The van der Waals surface area contributed by atoms with Crippen molar-refractivity contribution >= 4 is 5.91 Å². The highest BCUT2D eigenvalue weighted by Gasteiger charge is 2.56. The van der Waals surface area contributed by atoms with Gasteiger partial charge in [0.05, 0.1) is 12.1 Å². The summed E-state index contributed by atoms with van der Waals surface area (Å²) in [5.41, 5.74) is 0. The highest BCUT2D eigenvalue weighted by molar-refractivity contribution is 5.78. The summed E-state index contributed by atoms with van der Waals surface area (Å²) in [5, 5.41) is 2.97. The van der Waals surface area contributed by atoms with E-state index in [1.54, 1.807) is 0 Å². The van der Waals surface area contributed by atoms with E-state index >= 15 is 0 Å². The highest BCUT2D eigenvalue weighted by Crippen LogP contribution is 2.44. The van der Waals surface area contributed by atoms with Crippen molar-refractivity contribution in [2.45, 2.75) is 50.7 Å². The molecule has 0 unspecified atom stereocenters. The number of carbonyl (C=O) groups excluding carboxylic acids is 1. The van der Waals surface area contributed by atoms with E-state index in [0.717, 1.165) is 6.42 Å². The molecule has 14 heavy (non-hydrogen) atoms. The Hall–Kier alpha value is -0.610. The second-order valence-electron chi connectivity index (χ2n) is 4.94. The Bertz CT molecular complexity index is 265. The molecule has 1 saturated carbocycles. The third-order valence-electron chi connectivity index (χ3n) is 3.38. The summed E-state index contributed by atoms with van der Waals surface area (Å²) >= 11 is 0. The van der Waals surface area contributed by atoms with E-state index in [4.69, 9.17) is 9.47 Å². The number of fused-ring (bicyclic) bond motifs is 5. The second-order valence-corrected chi connectivity index (χ2v) is 4.94. The van der Waals surface area contributed by atoms with Crippen molar-refractivity contribution in [1.82, 2.24) is 5.32 Å². The Morgan fingerprint density at radius 2 is 2.07 bits per heavy atom. The standard InChI is InChI=1S/C10H15NO3/c1-10(2)13-8-5-3-6(9(8)14-10)11-7(12)4-5/h5-6,8-9H,3-4H2,1-2H3,(H,11,12)/t5-,6-,8-,9+/m1/s1. The third-order valence-corrected chi connectivity index (χ3v) is 3.38. The van der Waals surface area contributed by atoms with Crippen LogP contribution in [0.4, 0.5) is 0 Å². The molecule has 4 heteroatoms. The normalized spacial score (nSPS) is 48.9. The van der Waals surface area contributed by atoms with Crippen LogP contribution in [0.25, 0.3) is 0 Å². The second kappa shape index (κ2) is 2.49. The molecule has 2 bridgehead atoms. The lowest BCUT2D eigenvalue weighted by Gasteiger charge is -2.27. The van der Waals surface area contributed by atoms with Crippen molar-refractivity contribution in [2.75, 3.05) is 0 Å². The summed E-state index contributed by atoms with van der Waals surface area (Å²) in [7, 11) is 0. The van der Waals surface area contributed by atoms with Crippen LogP contribution >= 0.6 is 0 Å². The third kappa shape index (κ3) is 1.10. The lowest BCUT2D eigenvalue weighted by Crippen LogP contribution is -2.43. The Balaban J connectivity index is 1.87. The van der Waals surface area contributed by atoms with E-state index in [0.29, 0.717) is 12.3 Å². The topological polar surface area (TPSA) is 47.6 Å². The molecule has 3 rings (SSSR count). The van der Waals surface area contributed by atoms with E-state index in [1.807, 2.05) is 13.8 Å². The predicted molar refractivity (Wildman–Crippen MR) is 48.5 cm³/mol. The van der Waals surface area contributed by atoms with E-state index in [9.17, 15) is 4.79 Å². The first kappa shape index (κ1) is 8.68. The summed E-state index contributed by atoms with van der Waals surface area (Å²) in [6.07, 6.45) is 1.80. The molecule has 0 radical (unpaired) electrons. The van der Waals surface area contributed by atoms with Crippen LogP contribution in [-0.2, 0) is 14.3 Å². The van der Waals surface area contributed by atoms with E-state index in [2.05, 4.69) is 5.32 Å². The van der Waals surface area contributed by atoms with Crippen LogP contribution in [0.3, 0.4) is 0 Å². The van der Waals surface area contributed by atoms with Crippen molar-refractivity contribution in [3.63, 3.8) is 0 Å².